The Labute approximate surface area is 137 Å². The molecular weight excluding hydrogens is 325 g/mol. The van der Waals surface area contributed by atoms with Crippen molar-refractivity contribution in [2.24, 2.45) is 0 Å². The van der Waals surface area contributed by atoms with Gasteiger partial charge in [0.05, 0.1) is 5.56 Å². The molecule has 0 N–H and O–H groups in total. The largest absolute Gasteiger partial charge is 0.483 e. The lowest BCUT2D eigenvalue weighted by Gasteiger charge is -2.17. The molecule has 0 aliphatic heterocycles. The van der Waals surface area contributed by atoms with E-state index in [1.807, 2.05) is 6.92 Å². The molecule has 0 aliphatic carbocycles. The predicted octanol–water partition coefficient (Wildman–Crippen LogP) is 4.22. The maximum absolute atomic E-state index is 12.6. The normalized spacial score (nSPS) is 13.5. The zero-order valence-electron chi connectivity index (χ0n) is 13.9. The number of halogens is 3. The fourth-order valence-corrected chi connectivity index (χ4v) is 3.24. The quantitative estimate of drug-likeness (QED) is 0.467. The molecule has 0 aliphatic rings. The summed E-state index contributed by atoms with van der Waals surface area (Å²) in [7, 11) is 1.16. The molecule has 3 nitrogen and oxygen atoms in total. The van der Waals surface area contributed by atoms with E-state index in [4.69, 9.17) is 13.3 Å². The second-order valence-electron chi connectivity index (χ2n) is 5.50. The maximum Gasteiger partial charge on any atom is 0.483 e. The van der Waals surface area contributed by atoms with Crippen molar-refractivity contribution in [2.75, 3.05) is 14.2 Å². The summed E-state index contributed by atoms with van der Waals surface area (Å²) in [6.07, 6.45) is 0.131. The summed E-state index contributed by atoms with van der Waals surface area (Å²) in [4.78, 5) is 0. The minimum absolute atomic E-state index is 0.0696. The number of alkyl halides is 3. The molecule has 0 saturated carbocycles. The van der Waals surface area contributed by atoms with Crippen LogP contribution in [0.3, 0.4) is 0 Å². The SMILES string of the molecule is CO[SiH](OC)OC(C)CCCCCc1cccc(C(F)(F)F)c1. The molecule has 0 amide bonds. The maximum atomic E-state index is 12.6. The lowest BCUT2D eigenvalue weighted by atomic mass is 10.0. The molecular formula is C16H25F3O3Si. The molecule has 0 radical (unpaired) electrons. The standard InChI is InChI=1S/C16H25F3O3Si/c1-13(22-23(20-2)21-3)8-5-4-6-9-14-10-7-11-15(12-14)16(17,18)19/h7,10-13,23H,4-6,8-9H2,1-3H3. The van der Waals surface area contributed by atoms with E-state index in [1.165, 1.54) is 12.1 Å². The van der Waals surface area contributed by atoms with Crippen LogP contribution in [0.4, 0.5) is 13.2 Å². The van der Waals surface area contributed by atoms with Crippen LogP contribution in [0, 0.1) is 0 Å². The Kier molecular flexibility index (Phi) is 8.83. The average molecular weight is 350 g/mol. The van der Waals surface area contributed by atoms with Crippen LogP contribution in [0.1, 0.15) is 43.7 Å². The predicted molar refractivity (Wildman–Crippen MR) is 85.3 cm³/mol. The van der Waals surface area contributed by atoms with E-state index in [9.17, 15) is 13.2 Å². The first kappa shape index (κ1) is 20.2. The number of hydrogen-bond acceptors (Lipinski definition) is 3. The molecule has 23 heavy (non-hydrogen) atoms. The van der Waals surface area contributed by atoms with Crippen LogP contribution < -0.4 is 0 Å². The van der Waals surface area contributed by atoms with Crippen LogP contribution in [0.25, 0.3) is 0 Å². The highest BCUT2D eigenvalue weighted by atomic mass is 28.3. The summed E-state index contributed by atoms with van der Waals surface area (Å²) in [5.74, 6) is 0. The van der Waals surface area contributed by atoms with Crippen molar-refractivity contribution in [1.29, 1.82) is 0 Å². The Morgan fingerprint density at radius 1 is 1.09 bits per heavy atom. The van der Waals surface area contributed by atoms with Gasteiger partial charge in [0, 0.05) is 20.3 Å². The number of hydrogen-bond donors (Lipinski definition) is 0. The molecule has 0 saturated heterocycles. The smallest absolute Gasteiger partial charge is 0.379 e. The molecule has 1 aromatic rings. The molecule has 0 heterocycles. The second-order valence-corrected chi connectivity index (χ2v) is 7.30. The highest BCUT2D eigenvalue weighted by Gasteiger charge is 2.30. The average Bonchev–Trinajstić information content (AvgIpc) is 2.51. The Bertz CT molecular complexity index is 450. The van der Waals surface area contributed by atoms with Crippen molar-refractivity contribution in [2.45, 2.75) is 51.3 Å². The summed E-state index contributed by atoms with van der Waals surface area (Å²) in [5, 5.41) is 0. The minimum Gasteiger partial charge on any atom is -0.379 e. The molecule has 1 unspecified atom stereocenters. The molecule has 0 aromatic heterocycles. The third-order valence-electron chi connectivity index (χ3n) is 3.56. The fourth-order valence-electron chi connectivity index (χ4n) is 2.31. The third-order valence-corrected chi connectivity index (χ3v) is 5.02. The molecule has 1 aromatic carbocycles. The van der Waals surface area contributed by atoms with Gasteiger partial charge in [-0.25, -0.2) is 0 Å². The first-order chi connectivity index (χ1) is 10.9. The highest BCUT2D eigenvalue weighted by molar-refractivity contribution is 6.36. The Hall–Kier alpha value is -0.893. The molecule has 132 valence electrons. The Balaban J connectivity index is 2.25. The van der Waals surface area contributed by atoms with Gasteiger partial charge in [-0.3, -0.25) is 0 Å². The van der Waals surface area contributed by atoms with E-state index in [0.717, 1.165) is 37.3 Å². The van der Waals surface area contributed by atoms with Gasteiger partial charge in [0.1, 0.15) is 0 Å². The monoisotopic (exact) mass is 350 g/mol. The summed E-state index contributed by atoms with van der Waals surface area (Å²) in [6, 6.07) is 5.55. The van der Waals surface area contributed by atoms with Gasteiger partial charge in [-0.1, -0.05) is 31.0 Å². The van der Waals surface area contributed by atoms with Crippen LogP contribution in [0.2, 0.25) is 0 Å². The van der Waals surface area contributed by atoms with Crippen molar-refractivity contribution < 1.29 is 26.4 Å². The summed E-state index contributed by atoms with van der Waals surface area (Å²) in [5.41, 5.74) is 0.155. The van der Waals surface area contributed by atoms with Gasteiger partial charge in [0.2, 0.25) is 0 Å². The van der Waals surface area contributed by atoms with E-state index in [1.54, 1.807) is 20.3 Å². The third kappa shape index (κ3) is 7.96. The molecule has 0 spiro atoms. The second kappa shape index (κ2) is 10.1. The van der Waals surface area contributed by atoms with Gasteiger partial charge in [-0.05, 0) is 37.8 Å². The van der Waals surface area contributed by atoms with Gasteiger partial charge in [0.15, 0.2) is 0 Å². The molecule has 0 fully saturated rings. The van der Waals surface area contributed by atoms with Crippen molar-refractivity contribution in [3.8, 4) is 0 Å². The van der Waals surface area contributed by atoms with Gasteiger partial charge < -0.3 is 13.3 Å². The van der Waals surface area contributed by atoms with Crippen molar-refractivity contribution in [3.63, 3.8) is 0 Å². The fraction of sp³-hybridized carbons (Fsp3) is 0.625. The molecule has 1 rings (SSSR count). The number of rotatable bonds is 10. The Morgan fingerprint density at radius 2 is 1.78 bits per heavy atom. The van der Waals surface area contributed by atoms with E-state index in [0.29, 0.717) is 6.42 Å². The first-order valence-electron chi connectivity index (χ1n) is 7.74. The van der Waals surface area contributed by atoms with E-state index in [2.05, 4.69) is 0 Å². The van der Waals surface area contributed by atoms with Gasteiger partial charge in [-0.15, -0.1) is 0 Å². The Morgan fingerprint density at radius 3 is 2.39 bits per heavy atom. The number of unbranched alkanes of at least 4 members (excludes halogenated alkanes) is 2. The number of aryl methyl sites for hydroxylation is 1. The molecule has 0 bridgehead atoms. The van der Waals surface area contributed by atoms with Crippen LogP contribution in [-0.4, -0.2) is 29.9 Å². The lowest BCUT2D eigenvalue weighted by Crippen LogP contribution is -2.28. The molecule has 7 heteroatoms. The van der Waals surface area contributed by atoms with Crippen molar-refractivity contribution in [3.05, 3.63) is 35.4 Å². The highest BCUT2D eigenvalue weighted by Crippen LogP contribution is 2.29. The minimum atomic E-state index is -4.27. The summed E-state index contributed by atoms with van der Waals surface area (Å²) >= 11 is 0. The van der Waals surface area contributed by atoms with Crippen molar-refractivity contribution >= 4 is 9.53 Å². The van der Waals surface area contributed by atoms with Gasteiger partial charge in [-0.2, -0.15) is 13.2 Å². The zero-order valence-corrected chi connectivity index (χ0v) is 15.0. The van der Waals surface area contributed by atoms with E-state index >= 15 is 0 Å². The van der Waals surface area contributed by atoms with Crippen molar-refractivity contribution in [1.82, 2.24) is 0 Å². The van der Waals surface area contributed by atoms with Gasteiger partial charge in [0.25, 0.3) is 0 Å². The first-order valence-corrected chi connectivity index (χ1v) is 9.15. The molecule has 1 atom stereocenters. The van der Waals surface area contributed by atoms with E-state index in [-0.39, 0.29) is 6.10 Å². The van der Waals surface area contributed by atoms with Gasteiger partial charge >= 0.3 is 15.7 Å². The van der Waals surface area contributed by atoms with Crippen LogP contribution in [-0.2, 0) is 25.9 Å². The lowest BCUT2D eigenvalue weighted by molar-refractivity contribution is -0.137. The zero-order chi connectivity index (χ0) is 17.3. The topological polar surface area (TPSA) is 27.7 Å². The number of benzene rings is 1. The van der Waals surface area contributed by atoms with Crippen LogP contribution in [0.15, 0.2) is 24.3 Å². The van der Waals surface area contributed by atoms with Crippen LogP contribution >= 0.6 is 0 Å². The summed E-state index contributed by atoms with van der Waals surface area (Å²) < 4.78 is 53.7. The van der Waals surface area contributed by atoms with E-state index < -0.39 is 21.3 Å². The summed E-state index contributed by atoms with van der Waals surface area (Å²) in [6.45, 7) is 1.98. The van der Waals surface area contributed by atoms with Crippen LogP contribution in [0.5, 0.6) is 0 Å².